The summed E-state index contributed by atoms with van der Waals surface area (Å²) in [5, 5.41) is 3.35. The average Bonchev–Trinajstić information content (AvgIpc) is 2.19. The van der Waals surface area contributed by atoms with Gasteiger partial charge in [0.2, 0.25) is 0 Å². The Bertz CT molecular complexity index is 326. The van der Waals surface area contributed by atoms with Crippen LogP contribution in [0.5, 0.6) is 5.75 Å². The number of ether oxygens (including phenoxy) is 1. The Morgan fingerprint density at radius 1 is 1.57 bits per heavy atom. The highest BCUT2D eigenvalue weighted by Crippen LogP contribution is 2.18. The van der Waals surface area contributed by atoms with E-state index in [0.717, 1.165) is 12.0 Å². The summed E-state index contributed by atoms with van der Waals surface area (Å²) < 4.78 is 18.3. The molecule has 0 aliphatic rings. The van der Waals surface area contributed by atoms with Crippen molar-refractivity contribution in [3.05, 3.63) is 29.6 Å². The van der Waals surface area contributed by atoms with Gasteiger partial charge >= 0.3 is 0 Å². The van der Waals surface area contributed by atoms with Crippen molar-refractivity contribution in [2.24, 2.45) is 10.9 Å². The van der Waals surface area contributed by atoms with E-state index >= 15 is 0 Å². The van der Waals surface area contributed by atoms with Crippen LogP contribution in [0, 0.1) is 5.82 Å². The number of hydrazone groups is 1. The smallest absolute Gasteiger partial charge is 0.165 e. The molecular weight excluding hydrogens is 183 g/mol. The van der Waals surface area contributed by atoms with Crippen LogP contribution in [0.3, 0.4) is 0 Å². The lowest BCUT2D eigenvalue weighted by Gasteiger charge is -2.05. The summed E-state index contributed by atoms with van der Waals surface area (Å²) >= 11 is 0. The minimum atomic E-state index is -0.368. The zero-order chi connectivity index (χ0) is 10.4. The monoisotopic (exact) mass is 196 g/mol. The molecule has 0 aliphatic heterocycles. The van der Waals surface area contributed by atoms with Crippen LogP contribution in [0.2, 0.25) is 0 Å². The molecule has 0 heterocycles. The first-order valence-electron chi connectivity index (χ1n) is 4.43. The van der Waals surface area contributed by atoms with Gasteiger partial charge in [0.05, 0.1) is 12.8 Å². The number of rotatable bonds is 4. The molecule has 0 aromatic heterocycles. The van der Waals surface area contributed by atoms with Gasteiger partial charge in [0.1, 0.15) is 0 Å². The number of nitrogens with two attached hydrogens (primary N) is 1. The number of hydrogen-bond donors (Lipinski definition) is 1. The maximum absolute atomic E-state index is 13.1. The molecule has 0 saturated heterocycles. The van der Waals surface area contributed by atoms with Gasteiger partial charge in [0, 0.05) is 0 Å². The summed E-state index contributed by atoms with van der Waals surface area (Å²) in [6.07, 6.45) is 2.28. The fourth-order valence-corrected chi connectivity index (χ4v) is 1.01. The fraction of sp³-hybridized carbons (Fsp3) is 0.300. The molecule has 4 heteroatoms. The molecule has 0 fully saturated rings. The van der Waals surface area contributed by atoms with Gasteiger partial charge in [0.15, 0.2) is 11.6 Å². The minimum Gasteiger partial charge on any atom is -0.491 e. The molecule has 0 amide bonds. The molecule has 0 radical (unpaired) electrons. The Balaban J connectivity index is 2.84. The van der Waals surface area contributed by atoms with Gasteiger partial charge in [-0.25, -0.2) is 4.39 Å². The maximum Gasteiger partial charge on any atom is 0.165 e. The van der Waals surface area contributed by atoms with Crippen LogP contribution in [-0.2, 0) is 0 Å². The summed E-state index contributed by atoms with van der Waals surface area (Å²) in [6, 6.07) is 4.49. The number of hydrogen-bond acceptors (Lipinski definition) is 3. The lowest BCUT2D eigenvalue weighted by atomic mass is 10.2. The normalized spacial score (nSPS) is 10.7. The topological polar surface area (TPSA) is 47.6 Å². The first kappa shape index (κ1) is 10.5. The number of nitrogens with zero attached hydrogens (tertiary/aromatic N) is 1. The highest BCUT2D eigenvalue weighted by atomic mass is 19.1. The van der Waals surface area contributed by atoms with Crippen molar-refractivity contribution >= 4 is 6.21 Å². The largest absolute Gasteiger partial charge is 0.491 e. The predicted molar refractivity (Wildman–Crippen MR) is 54.0 cm³/mol. The minimum absolute atomic E-state index is 0.240. The van der Waals surface area contributed by atoms with Crippen LogP contribution in [-0.4, -0.2) is 12.8 Å². The van der Waals surface area contributed by atoms with Crippen molar-refractivity contribution in [3.63, 3.8) is 0 Å². The van der Waals surface area contributed by atoms with Crippen LogP contribution < -0.4 is 10.6 Å². The van der Waals surface area contributed by atoms with Crippen LogP contribution in [0.1, 0.15) is 18.9 Å². The van der Waals surface area contributed by atoms with Crippen molar-refractivity contribution < 1.29 is 9.13 Å². The van der Waals surface area contributed by atoms with E-state index in [0.29, 0.717) is 6.61 Å². The van der Waals surface area contributed by atoms with Gasteiger partial charge in [-0.1, -0.05) is 13.0 Å². The zero-order valence-corrected chi connectivity index (χ0v) is 8.03. The van der Waals surface area contributed by atoms with Gasteiger partial charge in [-0.05, 0) is 24.1 Å². The second-order valence-corrected chi connectivity index (χ2v) is 2.82. The molecule has 0 unspecified atom stereocenters. The fourth-order valence-electron chi connectivity index (χ4n) is 1.01. The summed E-state index contributed by atoms with van der Waals surface area (Å²) in [6.45, 7) is 2.46. The molecule has 1 aromatic rings. The molecule has 0 spiro atoms. The van der Waals surface area contributed by atoms with Gasteiger partial charge in [-0.2, -0.15) is 5.10 Å². The van der Waals surface area contributed by atoms with Crippen molar-refractivity contribution in [1.82, 2.24) is 0 Å². The number of benzene rings is 1. The van der Waals surface area contributed by atoms with Crippen LogP contribution in [0.25, 0.3) is 0 Å². The molecule has 3 nitrogen and oxygen atoms in total. The molecule has 0 aliphatic carbocycles. The molecule has 1 rings (SSSR count). The number of halogens is 1. The third-order valence-electron chi connectivity index (χ3n) is 1.64. The van der Waals surface area contributed by atoms with Gasteiger partial charge in [-0.3, -0.25) is 0 Å². The average molecular weight is 196 g/mol. The molecule has 1 aromatic carbocycles. The molecule has 0 atom stereocenters. The van der Waals surface area contributed by atoms with E-state index in [-0.39, 0.29) is 11.6 Å². The van der Waals surface area contributed by atoms with E-state index in [1.165, 1.54) is 12.3 Å². The Morgan fingerprint density at radius 2 is 2.36 bits per heavy atom. The highest BCUT2D eigenvalue weighted by Gasteiger charge is 2.02. The van der Waals surface area contributed by atoms with E-state index in [2.05, 4.69) is 5.10 Å². The van der Waals surface area contributed by atoms with Crippen LogP contribution >= 0.6 is 0 Å². The standard InChI is InChI=1S/C10H13FN2O/c1-2-5-14-10-6-8(7-13-12)3-4-9(10)11/h3-4,6-7H,2,5,12H2,1H3. The Kier molecular flexibility index (Phi) is 3.91. The molecule has 14 heavy (non-hydrogen) atoms. The van der Waals surface area contributed by atoms with Crippen LogP contribution in [0.4, 0.5) is 4.39 Å². The quantitative estimate of drug-likeness (QED) is 0.454. The van der Waals surface area contributed by atoms with Gasteiger partial charge in [0.25, 0.3) is 0 Å². The Labute approximate surface area is 82.4 Å². The first-order valence-corrected chi connectivity index (χ1v) is 4.43. The maximum atomic E-state index is 13.1. The van der Waals surface area contributed by atoms with E-state index in [1.807, 2.05) is 6.92 Å². The molecule has 0 bridgehead atoms. The van der Waals surface area contributed by atoms with Gasteiger partial charge in [-0.15, -0.1) is 0 Å². The SMILES string of the molecule is CCCOc1cc(C=NN)ccc1F. The second kappa shape index (κ2) is 5.21. The van der Waals surface area contributed by atoms with Crippen molar-refractivity contribution in [2.45, 2.75) is 13.3 Å². The van der Waals surface area contributed by atoms with Crippen LogP contribution in [0.15, 0.2) is 23.3 Å². The highest BCUT2D eigenvalue weighted by molar-refractivity contribution is 5.79. The van der Waals surface area contributed by atoms with Crippen molar-refractivity contribution in [1.29, 1.82) is 0 Å². The van der Waals surface area contributed by atoms with E-state index in [1.54, 1.807) is 12.1 Å². The molecule has 0 saturated carbocycles. The van der Waals surface area contributed by atoms with E-state index in [9.17, 15) is 4.39 Å². The lowest BCUT2D eigenvalue weighted by Crippen LogP contribution is -1.98. The summed E-state index contributed by atoms with van der Waals surface area (Å²) in [5.41, 5.74) is 0.722. The predicted octanol–water partition coefficient (Wildman–Crippen LogP) is 1.91. The summed E-state index contributed by atoms with van der Waals surface area (Å²) in [5.74, 6) is 4.86. The third kappa shape index (κ3) is 2.73. The molecule has 2 N–H and O–H groups in total. The Hall–Kier alpha value is -1.58. The van der Waals surface area contributed by atoms with Crippen molar-refractivity contribution in [3.8, 4) is 5.75 Å². The molecular formula is C10H13FN2O. The lowest BCUT2D eigenvalue weighted by molar-refractivity contribution is 0.301. The third-order valence-corrected chi connectivity index (χ3v) is 1.64. The second-order valence-electron chi connectivity index (χ2n) is 2.82. The molecule has 76 valence electrons. The zero-order valence-electron chi connectivity index (χ0n) is 8.03. The summed E-state index contributed by atoms with van der Waals surface area (Å²) in [7, 11) is 0. The van der Waals surface area contributed by atoms with E-state index < -0.39 is 0 Å². The first-order chi connectivity index (χ1) is 6.77. The Morgan fingerprint density at radius 3 is 3.00 bits per heavy atom. The van der Waals surface area contributed by atoms with Gasteiger partial charge < -0.3 is 10.6 Å². The van der Waals surface area contributed by atoms with Crippen molar-refractivity contribution in [2.75, 3.05) is 6.61 Å². The summed E-state index contributed by atoms with van der Waals surface area (Å²) in [4.78, 5) is 0. The van der Waals surface area contributed by atoms with E-state index in [4.69, 9.17) is 10.6 Å².